The summed E-state index contributed by atoms with van der Waals surface area (Å²) < 4.78 is 107. The fraction of sp³-hybridized carbons (Fsp3) is 0. The van der Waals surface area contributed by atoms with E-state index in [1.54, 1.807) is 48.5 Å². The summed E-state index contributed by atoms with van der Waals surface area (Å²) in [5.74, 6) is 0.356. The van der Waals surface area contributed by atoms with Crippen molar-refractivity contribution in [2.24, 2.45) is 0 Å². The summed E-state index contributed by atoms with van der Waals surface area (Å²) in [6.45, 7) is 0. The first-order chi connectivity index (χ1) is 24.7. The Bertz CT molecular complexity index is 3290. The van der Waals surface area contributed by atoms with E-state index in [0.29, 0.717) is 45.0 Å². The van der Waals surface area contributed by atoms with Gasteiger partial charge in [0.15, 0.2) is 23.3 Å². The number of benzene rings is 4. The maximum absolute atomic E-state index is 13.0. The third-order valence-electron chi connectivity index (χ3n) is 8.51. The average Bonchev–Trinajstić information content (AvgIpc) is 3.82. The van der Waals surface area contributed by atoms with E-state index in [2.05, 4.69) is 29.9 Å². The minimum atomic E-state index is -5.78. The molecule has 0 spiro atoms. The number of H-pyrrole nitrogens is 2. The van der Waals surface area contributed by atoms with Gasteiger partial charge in [-0.05, 0) is 6.07 Å². The second-order valence-corrected chi connectivity index (χ2v) is 15.7. The first kappa shape index (κ1) is 31.9. The molecule has 2 aliphatic heterocycles. The largest absolute Gasteiger partial charge is 0.324 e. The summed E-state index contributed by atoms with van der Waals surface area (Å²) in [6.07, 6.45) is 0. The Hall–Kier alpha value is -6.03. The molecule has 17 nitrogen and oxygen atoms in total. The van der Waals surface area contributed by atoms with E-state index in [0.717, 1.165) is 5.39 Å². The Balaban J connectivity index is 1.58. The van der Waals surface area contributed by atoms with Gasteiger partial charge in [0.1, 0.15) is 37.3 Å². The zero-order valence-electron chi connectivity index (χ0n) is 25.7. The number of nitrogens with one attached hydrogen (secondary N) is 2. The van der Waals surface area contributed by atoms with Gasteiger partial charge < -0.3 is 9.97 Å². The smallest absolute Gasteiger partial charge is 0.297 e. The third-order valence-corrected chi connectivity index (χ3v) is 11.5. The van der Waals surface area contributed by atoms with Gasteiger partial charge in [-0.15, -0.1) is 0 Å². The Morgan fingerprint density at radius 2 is 0.788 bits per heavy atom. The lowest BCUT2D eigenvalue weighted by Gasteiger charge is -2.10. The van der Waals surface area contributed by atoms with Crippen molar-refractivity contribution in [2.75, 3.05) is 0 Å². The number of aromatic amines is 2. The second kappa shape index (κ2) is 10.7. The molecular formula is C32H18N8O9S3. The summed E-state index contributed by atoms with van der Waals surface area (Å²) in [4.78, 5) is 29.1. The summed E-state index contributed by atoms with van der Waals surface area (Å²) >= 11 is 0. The van der Waals surface area contributed by atoms with Gasteiger partial charge in [-0.3, -0.25) is 13.7 Å². The SMILES string of the molecule is O=S(=O)(O)c1cc2c3nc4nc(nc5[nH]c(nc6nc(nc([nH]3)c2c(S(=O)(=O)O)c1S(=O)(=O)O)-c1ccccc1-6)c1ccccc51)-c1ccccc1-4. The molecular weight excluding hydrogens is 737 g/mol. The molecule has 258 valence electrons. The molecule has 9 rings (SSSR count). The molecule has 0 aliphatic carbocycles. The van der Waals surface area contributed by atoms with Gasteiger partial charge in [-0.1, -0.05) is 72.8 Å². The molecule has 0 unspecified atom stereocenters. The lowest BCUT2D eigenvalue weighted by atomic mass is 10.1. The minimum absolute atomic E-state index is 0.0109. The maximum Gasteiger partial charge on any atom is 0.297 e. The fourth-order valence-corrected chi connectivity index (χ4v) is 9.80. The molecule has 0 saturated carbocycles. The van der Waals surface area contributed by atoms with Gasteiger partial charge in [0.05, 0.1) is 5.39 Å². The molecule has 0 amide bonds. The van der Waals surface area contributed by atoms with Gasteiger partial charge in [0, 0.05) is 38.4 Å². The van der Waals surface area contributed by atoms with E-state index >= 15 is 0 Å². The first-order valence-corrected chi connectivity index (χ1v) is 19.2. The molecule has 4 aromatic carbocycles. The maximum atomic E-state index is 13.0. The van der Waals surface area contributed by atoms with Gasteiger partial charge in [0.25, 0.3) is 30.4 Å². The van der Waals surface area contributed by atoms with Crippen LogP contribution in [0.25, 0.3) is 89.7 Å². The lowest BCUT2D eigenvalue weighted by molar-refractivity contribution is 0.457. The molecule has 0 fully saturated rings. The molecule has 20 heteroatoms. The van der Waals surface area contributed by atoms with Crippen LogP contribution >= 0.6 is 0 Å². The van der Waals surface area contributed by atoms with Gasteiger partial charge in [0.2, 0.25) is 0 Å². The number of aromatic nitrogens is 8. The van der Waals surface area contributed by atoms with Crippen molar-refractivity contribution in [2.45, 2.75) is 14.7 Å². The number of nitrogens with zero attached hydrogens (tertiary/aromatic N) is 6. The number of rotatable bonds is 3. The molecule has 0 radical (unpaired) electrons. The molecule has 0 atom stereocenters. The van der Waals surface area contributed by atoms with Crippen LogP contribution in [0, 0.1) is 0 Å². The predicted octanol–water partition coefficient (Wildman–Crippen LogP) is 4.61. The quantitative estimate of drug-likeness (QED) is 0.154. The highest BCUT2D eigenvalue weighted by Gasteiger charge is 2.37. The van der Waals surface area contributed by atoms with Crippen molar-refractivity contribution < 1.29 is 38.9 Å². The van der Waals surface area contributed by atoms with E-state index in [4.69, 9.17) is 9.97 Å². The van der Waals surface area contributed by atoms with Crippen molar-refractivity contribution in [3.63, 3.8) is 0 Å². The van der Waals surface area contributed by atoms with Crippen LogP contribution < -0.4 is 0 Å². The van der Waals surface area contributed by atoms with E-state index < -0.39 is 61.5 Å². The van der Waals surface area contributed by atoms with Crippen molar-refractivity contribution in [3.8, 4) is 45.6 Å². The fourth-order valence-electron chi connectivity index (χ4n) is 6.41. The molecule has 2 aliphatic rings. The standard InChI is InChI=1S/C32H18N8O9S3/c41-50(42,43)21-13-20-22(24(52(47,48)49)23(21)51(44,45)46)32-39-30-19-12-6-5-11-18(19)28(37-30)35-26-15-8-2-1-7-14(15)25(33-26)34-27-16-9-3-4-10-17(16)29(36-27)38-31(20)40-32/h1-13H,(H,41,42,43)(H,44,45,46)(H,47,48,49)(H2,33,34,35,36,37,38,39,40). The average molecular weight is 755 g/mol. The first-order valence-electron chi connectivity index (χ1n) is 14.9. The lowest BCUT2D eigenvalue weighted by Crippen LogP contribution is -2.15. The van der Waals surface area contributed by atoms with Crippen molar-refractivity contribution >= 4 is 74.5 Å². The van der Waals surface area contributed by atoms with Crippen molar-refractivity contribution in [1.29, 1.82) is 0 Å². The highest BCUT2D eigenvalue weighted by atomic mass is 32.2. The van der Waals surface area contributed by atoms with Crippen molar-refractivity contribution in [1.82, 2.24) is 39.9 Å². The van der Waals surface area contributed by atoms with Crippen LogP contribution in [0.15, 0.2) is 93.5 Å². The number of hydrogen-bond donors (Lipinski definition) is 5. The Morgan fingerprint density at radius 1 is 0.423 bits per heavy atom. The summed E-state index contributed by atoms with van der Waals surface area (Å²) in [6, 6.07) is 21.7. The molecule has 5 heterocycles. The van der Waals surface area contributed by atoms with Crippen LogP contribution in [0.1, 0.15) is 0 Å². The van der Waals surface area contributed by atoms with Gasteiger partial charge in [-0.2, -0.15) is 25.3 Å². The van der Waals surface area contributed by atoms with Crippen LogP contribution in [0.5, 0.6) is 0 Å². The topological polar surface area (TPSA) is 272 Å². The molecule has 5 N–H and O–H groups in total. The van der Waals surface area contributed by atoms with E-state index in [-0.39, 0.29) is 28.9 Å². The molecule has 52 heavy (non-hydrogen) atoms. The molecule has 3 aromatic heterocycles. The number of fused-ring (bicyclic) bond motifs is 20. The predicted molar refractivity (Wildman–Crippen MR) is 185 cm³/mol. The van der Waals surface area contributed by atoms with E-state index in [1.807, 2.05) is 24.3 Å². The van der Waals surface area contributed by atoms with Crippen LogP contribution in [0.2, 0.25) is 0 Å². The van der Waals surface area contributed by atoms with Crippen LogP contribution in [0.4, 0.5) is 0 Å². The highest BCUT2D eigenvalue weighted by Crippen LogP contribution is 2.41. The van der Waals surface area contributed by atoms with Gasteiger partial charge in [-0.25, -0.2) is 29.9 Å². The van der Waals surface area contributed by atoms with Crippen LogP contribution in [-0.4, -0.2) is 78.8 Å². The molecule has 0 saturated heterocycles. The summed E-state index contributed by atoms with van der Waals surface area (Å²) in [5, 5.41) is 0.293. The monoisotopic (exact) mass is 754 g/mol. The zero-order chi connectivity index (χ0) is 36.3. The summed E-state index contributed by atoms with van der Waals surface area (Å²) in [7, 11) is -17.1. The molecule has 7 aromatic rings. The zero-order valence-corrected chi connectivity index (χ0v) is 28.2. The van der Waals surface area contributed by atoms with Gasteiger partial charge >= 0.3 is 0 Å². The molecule has 8 bridgehead atoms. The van der Waals surface area contributed by atoms with Crippen LogP contribution in [-0.2, 0) is 30.4 Å². The highest BCUT2D eigenvalue weighted by molar-refractivity contribution is 7.90. The summed E-state index contributed by atoms with van der Waals surface area (Å²) in [5.41, 5.74) is 1.95. The Labute approximate surface area is 291 Å². The van der Waals surface area contributed by atoms with E-state index in [1.165, 1.54) is 0 Å². The third kappa shape index (κ3) is 4.88. The van der Waals surface area contributed by atoms with Crippen molar-refractivity contribution in [3.05, 3.63) is 78.9 Å². The normalized spacial score (nSPS) is 13.0. The number of hydrogen-bond acceptors (Lipinski definition) is 12. The minimum Gasteiger partial charge on any atom is -0.324 e. The Kier molecular flexibility index (Phi) is 6.59. The second-order valence-electron chi connectivity index (χ2n) is 11.6. The van der Waals surface area contributed by atoms with Crippen LogP contribution in [0.3, 0.4) is 0 Å². The van der Waals surface area contributed by atoms with E-state index in [9.17, 15) is 38.9 Å². The Morgan fingerprint density at radius 3 is 1.19 bits per heavy atom.